The van der Waals surface area contributed by atoms with Gasteiger partial charge in [0.25, 0.3) is 0 Å². The first kappa shape index (κ1) is 18.6. The summed E-state index contributed by atoms with van der Waals surface area (Å²) in [5, 5.41) is 13.9. The first-order valence-corrected chi connectivity index (χ1v) is 10.3. The third-order valence-electron chi connectivity index (χ3n) is 6.77. The molecule has 1 aromatic carbocycles. The highest BCUT2D eigenvalue weighted by atomic mass is 16.1. The van der Waals surface area contributed by atoms with Gasteiger partial charge >= 0.3 is 0 Å². The van der Waals surface area contributed by atoms with Gasteiger partial charge in [-0.25, -0.2) is 4.98 Å². The summed E-state index contributed by atoms with van der Waals surface area (Å²) in [6, 6.07) is 12.3. The zero-order valence-electron chi connectivity index (χ0n) is 17.3. The molecule has 2 aliphatic rings. The molecule has 0 unspecified atom stereocenters. The van der Waals surface area contributed by atoms with Crippen molar-refractivity contribution in [2.75, 3.05) is 0 Å². The fourth-order valence-corrected chi connectivity index (χ4v) is 5.30. The topological polar surface area (TPSA) is 76.5 Å². The minimum Gasteiger partial charge on any atom is -0.293 e. The van der Waals surface area contributed by atoms with Crippen molar-refractivity contribution in [1.82, 2.24) is 19.3 Å². The van der Waals surface area contributed by atoms with Gasteiger partial charge in [-0.15, -0.1) is 0 Å². The molecule has 2 aliphatic carbocycles. The van der Waals surface area contributed by atoms with E-state index in [1.807, 2.05) is 50.6 Å². The Hall–Kier alpha value is -3.46. The van der Waals surface area contributed by atoms with Crippen molar-refractivity contribution in [2.45, 2.75) is 32.1 Å². The molecule has 2 aromatic heterocycles. The summed E-state index contributed by atoms with van der Waals surface area (Å²) >= 11 is 0. The lowest BCUT2D eigenvalue weighted by Gasteiger charge is -2.44. The van der Waals surface area contributed by atoms with E-state index in [9.17, 15) is 10.1 Å². The summed E-state index contributed by atoms with van der Waals surface area (Å²) in [7, 11) is 1.91. The molecule has 5 rings (SSSR count). The van der Waals surface area contributed by atoms with Gasteiger partial charge < -0.3 is 0 Å². The van der Waals surface area contributed by atoms with Crippen molar-refractivity contribution >= 4 is 5.78 Å². The van der Waals surface area contributed by atoms with Gasteiger partial charge in [0.15, 0.2) is 5.78 Å². The number of nitriles is 1. The maximum atomic E-state index is 12.7. The normalized spacial score (nSPS) is 25.3. The van der Waals surface area contributed by atoms with Crippen molar-refractivity contribution < 1.29 is 4.79 Å². The molecule has 0 fully saturated rings. The second-order valence-corrected chi connectivity index (χ2v) is 8.55. The lowest BCUT2D eigenvalue weighted by Crippen LogP contribution is -2.45. The summed E-state index contributed by atoms with van der Waals surface area (Å²) in [5.41, 5.74) is 3.90. The van der Waals surface area contributed by atoms with Crippen molar-refractivity contribution in [3.63, 3.8) is 0 Å². The quantitative estimate of drug-likeness (QED) is 0.660. The largest absolute Gasteiger partial charge is 0.293 e. The number of imidazole rings is 1. The van der Waals surface area contributed by atoms with Crippen LogP contribution in [0, 0.1) is 23.2 Å². The number of ketones is 1. The minimum atomic E-state index is -0.455. The Balaban J connectivity index is 1.80. The summed E-state index contributed by atoms with van der Waals surface area (Å²) in [4.78, 5) is 17.8. The Morgan fingerprint density at radius 1 is 1.27 bits per heavy atom. The predicted molar refractivity (Wildman–Crippen MR) is 113 cm³/mol. The van der Waals surface area contributed by atoms with Gasteiger partial charge in [0.2, 0.25) is 0 Å². The standard InChI is InChI=1S/C24H23N5O/c1-15-19-9-10-20-22(24(19,2)11-17(12-25)21(15)30)27-23(16-7-5-4-6-8-16)29(20)18-13-26-28(3)14-18/h4-8,11,13-15,19H,9-10H2,1-3H3/t15-,19-,24-/m0/s1. The molecule has 3 aromatic rings. The molecule has 30 heavy (non-hydrogen) atoms. The molecule has 0 amide bonds. The van der Waals surface area contributed by atoms with Crippen LogP contribution >= 0.6 is 0 Å². The van der Waals surface area contributed by atoms with Crippen LogP contribution < -0.4 is 0 Å². The van der Waals surface area contributed by atoms with E-state index in [0.717, 1.165) is 41.3 Å². The maximum absolute atomic E-state index is 12.7. The van der Waals surface area contributed by atoms with Crippen molar-refractivity contribution in [3.05, 3.63) is 65.8 Å². The number of benzene rings is 1. The van der Waals surface area contributed by atoms with E-state index in [1.54, 1.807) is 4.68 Å². The number of hydrogen-bond acceptors (Lipinski definition) is 4. The maximum Gasteiger partial charge on any atom is 0.176 e. The Kier molecular flexibility index (Phi) is 4.04. The zero-order chi connectivity index (χ0) is 21.0. The first-order chi connectivity index (χ1) is 14.4. The number of aromatic nitrogens is 4. The second kappa shape index (κ2) is 6.53. The van der Waals surface area contributed by atoms with Gasteiger partial charge in [-0.1, -0.05) is 50.3 Å². The number of fused-ring (bicyclic) bond motifs is 3. The van der Waals surface area contributed by atoms with Gasteiger partial charge in [-0.2, -0.15) is 10.4 Å². The van der Waals surface area contributed by atoms with E-state index in [2.05, 4.69) is 34.8 Å². The van der Waals surface area contributed by atoms with Crippen molar-refractivity contribution in [2.24, 2.45) is 18.9 Å². The number of nitrogens with zero attached hydrogens (tertiary/aromatic N) is 5. The van der Waals surface area contributed by atoms with E-state index in [4.69, 9.17) is 4.98 Å². The molecular formula is C24H23N5O. The Labute approximate surface area is 175 Å². The van der Waals surface area contributed by atoms with Crippen LogP contribution in [-0.2, 0) is 23.7 Å². The van der Waals surface area contributed by atoms with E-state index < -0.39 is 5.41 Å². The lowest BCUT2D eigenvalue weighted by molar-refractivity contribution is -0.121. The molecule has 150 valence electrons. The van der Waals surface area contributed by atoms with Gasteiger partial charge in [0, 0.05) is 35.8 Å². The molecule has 2 heterocycles. The molecule has 0 aliphatic heterocycles. The average molecular weight is 397 g/mol. The highest BCUT2D eigenvalue weighted by molar-refractivity contribution is 6.02. The van der Waals surface area contributed by atoms with E-state index in [0.29, 0.717) is 0 Å². The monoisotopic (exact) mass is 397 g/mol. The third-order valence-corrected chi connectivity index (χ3v) is 6.77. The number of Topliss-reactive ketones (excluding diaryl/α,β-unsaturated/α-hetero) is 1. The molecule has 0 bridgehead atoms. The summed E-state index contributed by atoms with van der Waals surface area (Å²) in [6.07, 6.45) is 7.43. The fourth-order valence-electron chi connectivity index (χ4n) is 5.30. The zero-order valence-corrected chi connectivity index (χ0v) is 17.3. The molecule has 6 heteroatoms. The first-order valence-electron chi connectivity index (χ1n) is 10.3. The average Bonchev–Trinajstić information content (AvgIpc) is 3.35. The molecule has 3 atom stereocenters. The van der Waals surface area contributed by atoms with E-state index >= 15 is 0 Å². The van der Waals surface area contributed by atoms with Crippen LogP contribution in [0.15, 0.2) is 54.4 Å². The van der Waals surface area contributed by atoms with Crippen molar-refractivity contribution in [1.29, 1.82) is 5.26 Å². The van der Waals surface area contributed by atoms with Crippen LogP contribution in [0.25, 0.3) is 17.1 Å². The lowest BCUT2D eigenvalue weighted by atomic mass is 9.58. The number of carbonyl (C=O) groups excluding carboxylic acids is 1. The molecule has 6 nitrogen and oxygen atoms in total. The Bertz CT molecular complexity index is 1230. The van der Waals surface area contributed by atoms with Gasteiger partial charge in [0.1, 0.15) is 11.9 Å². The SMILES string of the molecule is C[C@@H]1C(=O)C(C#N)=C[C@]2(C)c3nc(-c4ccccc4)n(-c4cnn(C)c4)c3CC[C@@H]12. The van der Waals surface area contributed by atoms with Crippen LogP contribution in [0.4, 0.5) is 0 Å². The molecule has 0 saturated heterocycles. The second-order valence-electron chi connectivity index (χ2n) is 8.55. The van der Waals surface area contributed by atoms with Crippen LogP contribution in [0.3, 0.4) is 0 Å². The summed E-state index contributed by atoms with van der Waals surface area (Å²) in [6.45, 7) is 4.09. The number of aryl methyl sites for hydroxylation is 1. The Morgan fingerprint density at radius 2 is 2.03 bits per heavy atom. The summed E-state index contributed by atoms with van der Waals surface area (Å²) < 4.78 is 3.99. The van der Waals surface area contributed by atoms with Crippen molar-refractivity contribution in [3.8, 4) is 23.1 Å². The Morgan fingerprint density at radius 3 is 2.70 bits per heavy atom. The number of carbonyl (C=O) groups is 1. The van der Waals surface area contributed by atoms with Gasteiger partial charge in [-0.3, -0.25) is 14.0 Å². The van der Waals surface area contributed by atoms with E-state index in [1.165, 1.54) is 0 Å². The minimum absolute atomic E-state index is 0.0431. The van der Waals surface area contributed by atoms with Gasteiger partial charge in [-0.05, 0) is 18.8 Å². The third kappa shape index (κ3) is 2.51. The number of allylic oxidation sites excluding steroid dienone is 2. The molecule has 0 saturated carbocycles. The fraction of sp³-hybridized carbons (Fsp3) is 0.333. The highest BCUT2D eigenvalue weighted by Crippen LogP contribution is 2.50. The smallest absolute Gasteiger partial charge is 0.176 e. The molecule has 0 radical (unpaired) electrons. The van der Waals surface area contributed by atoms with Crippen LogP contribution in [0.5, 0.6) is 0 Å². The van der Waals surface area contributed by atoms with Crippen LogP contribution in [0.2, 0.25) is 0 Å². The van der Waals surface area contributed by atoms with E-state index in [-0.39, 0.29) is 23.2 Å². The molecular weight excluding hydrogens is 374 g/mol. The van der Waals surface area contributed by atoms with Crippen LogP contribution in [-0.4, -0.2) is 25.1 Å². The van der Waals surface area contributed by atoms with Gasteiger partial charge in [0.05, 0.1) is 23.2 Å². The summed E-state index contributed by atoms with van der Waals surface area (Å²) in [5.74, 6) is 0.771. The number of rotatable bonds is 2. The number of hydrogen-bond donors (Lipinski definition) is 0. The molecule has 0 N–H and O–H groups in total. The molecule has 0 spiro atoms. The predicted octanol–water partition coefficient (Wildman–Crippen LogP) is 3.76. The highest BCUT2D eigenvalue weighted by Gasteiger charge is 2.50. The van der Waals surface area contributed by atoms with Crippen LogP contribution in [0.1, 0.15) is 31.7 Å².